The molecular weight excluding hydrogens is 262 g/mol. The third-order valence-electron chi connectivity index (χ3n) is 3.13. The van der Waals surface area contributed by atoms with Gasteiger partial charge in [0.05, 0.1) is 6.61 Å². The predicted octanol–water partition coefficient (Wildman–Crippen LogP) is 4.27. The lowest BCUT2D eigenvalue weighted by molar-refractivity contribution is 0.274. The van der Waals surface area contributed by atoms with Gasteiger partial charge in [-0.2, -0.15) is 0 Å². The topological polar surface area (TPSA) is 30.5 Å². The first-order valence-corrected chi connectivity index (χ1v) is 7.45. The molecule has 0 aliphatic carbocycles. The minimum atomic E-state index is 0.598. The highest BCUT2D eigenvalue weighted by atomic mass is 16.5. The van der Waals surface area contributed by atoms with Gasteiger partial charge < -0.3 is 14.8 Å². The monoisotopic (exact) mass is 285 g/mol. The first kappa shape index (κ1) is 15.2. The number of anilines is 1. The lowest BCUT2D eigenvalue weighted by Crippen LogP contribution is -2.12. The number of rotatable bonds is 8. The SMILES string of the molecule is CCCOc1ccccc1OCCNc1ccccc1C. The first-order valence-electron chi connectivity index (χ1n) is 7.45. The fourth-order valence-corrected chi connectivity index (χ4v) is 2.02. The molecule has 0 aromatic heterocycles. The third kappa shape index (κ3) is 4.71. The van der Waals surface area contributed by atoms with Gasteiger partial charge in [0.25, 0.3) is 0 Å². The molecule has 0 atom stereocenters. The van der Waals surface area contributed by atoms with Crippen molar-refractivity contribution in [3.8, 4) is 11.5 Å². The zero-order chi connectivity index (χ0) is 14.9. The Morgan fingerprint density at radius 2 is 1.48 bits per heavy atom. The highest BCUT2D eigenvalue weighted by Crippen LogP contribution is 2.26. The molecule has 0 heterocycles. The fourth-order valence-electron chi connectivity index (χ4n) is 2.02. The van der Waals surface area contributed by atoms with Crippen molar-refractivity contribution in [2.75, 3.05) is 25.1 Å². The number of para-hydroxylation sites is 3. The lowest BCUT2D eigenvalue weighted by Gasteiger charge is -2.13. The molecule has 0 bridgehead atoms. The summed E-state index contributed by atoms with van der Waals surface area (Å²) >= 11 is 0. The van der Waals surface area contributed by atoms with Gasteiger partial charge in [0, 0.05) is 12.2 Å². The molecule has 3 heteroatoms. The van der Waals surface area contributed by atoms with Crippen molar-refractivity contribution in [3.05, 3.63) is 54.1 Å². The first-order chi connectivity index (χ1) is 10.3. The van der Waals surface area contributed by atoms with E-state index in [2.05, 4.69) is 31.3 Å². The molecule has 112 valence electrons. The van der Waals surface area contributed by atoms with Crippen LogP contribution in [0.25, 0.3) is 0 Å². The maximum Gasteiger partial charge on any atom is 0.161 e. The maximum atomic E-state index is 5.81. The molecule has 21 heavy (non-hydrogen) atoms. The smallest absolute Gasteiger partial charge is 0.161 e. The minimum Gasteiger partial charge on any atom is -0.490 e. The number of ether oxygens (including phenoxy) is 2. The zero-order valence-corrected chi connectivity index (χ0v) is 12.8. The molecule has 2 aromatic rings. The van der Waals surface area contributed by atoms with Crippen LogP contribution in [0.1, 0.15) is 18.9 Å². The van der Waals surface area contributed by atoms with E-state index in [0.717, 1.165) is 30.2 Å². The second-order valence-electron chi connectivity index (χ2n) is 4.89. The lowest BCUT2D eigenvalue weighted by atomic mass is 10.2. The Balaban J connectivity index is 1.82. The van der Waals surface area contributed by atoms with Crippen molar-refractivity contribution in [1.29, 1.82) is 0 Å². The van der Waals surface area contributed by atoms with E-state index in [1.165, 1.54) is 5.56 Å². The van der Waals surface area contributed by atoms with Gasteiger partial charge in [-0.3, -0.25) is 0 Å². The number of nitrogens with one attached hydrogen (secondary N) is 1. The molecule has 0 amide bonds. The minimum absolute atomic E-state index is 0.598. The Bertz CT molecular complexity index is 554. The number of benzene rings is 2. The van der Waals surface area contributed by atoms with Gasteiger partial charge in [0.15, 0.2) is 11.5 Å². The molecule has 0 fully saturated rings. The van der Waals surface area contributed by atoms with Crippen LogP contribution in [-0.2, 0) is 0 Å². The van der Waals surface area contributed by atoms with E-state index in [0.29, 0.717) is 13.2 Å². The molecule has 2 rings (SSSR count). The Kier molecular flexibility index (Phi) is 5.95. The molecule has 0 aliphatic rings. The van der Waals surface area contributed by atoms with Crippen molar-refractivity contribution in [2.24, 2.45) is 0 Å². The van der Waals surface area contributed by atoms with Gasteiger partial charge in [-0.15, -0.1) is 0 Å². The average Bonchev–Trinajstić information content (AvgIpc) is 2.52. The maximum absolute atomic E-state index is 5.81. The summed E-state index contributed by atoms with van der Waals surface area (Å²) in [4.78, 5) is 0. The normalized spacial score (nSPS) is 10.2. The standard InChI is InChI=1S/C18H23NO2/c1-3-13-20-17-10-6-7-11-18(17)21-14-12-19-16-9-5-4-8-15(16)2/h4-11,19H,3,12-14H2,1-2H3. The second kappa shape index (κ2) is 8.20. The fraction of sp³-hybridized carbons (Fsp3) is 0.333. The Labute approximate surface area is 126 Å². The zero-order valence-electron chi connectivity index (χ0n) is 12.8. The summed E-state index contributed by atoms with van der Waals surface area (Å²) in [6, 6.07) is 16.1. The summed E-state index contributed by atoms with van der Waals surface area (Å²) < 4.78 is 11.5. The van der Waals surface area contributed by atoms with E-state index >= 15 is 0 Å². The molecule has 1 N–H and O–H groups in total. The van der Waals surface area contributed by atoms with Crippen LogP contribution in [0.15, 0.2) is 48.5 Å². The quantitative estimate of drug-likeness (QED) is 0.735. The van der Waals surface area contributed by atoms with Crippen LogP contribution in [0.2, 0.25) is 0 Å². The van der Waals surface area contributed by atoms with Crippen LogP contribution in [0.4, 0.5) is 5.69 Å². The number of hydrogen-bond acceptors (Lipinski definition) is 3. The molecule has 2 aromatic carbocycles. The molecule has 0 saturated heterocycles. The molecule has 0 saturated carbocycles. The summed E-state index contributed by atoms with van der Waals surface area (Å²) in [7, 11) is 0. The molecule has 0 radical (unpaired) electrons. The number of hydrogen-bond donors (Lipinski definition) is 1. The van der Waals surface area contributed by atoms with Crippen molar-refractivity contribution in [3.63, 3.8) is 0 Å². The van der Waals surface area contributed by atoms with Crippen molar-refractivity contribution >= 4 is 5.69 Å². The van der Waals surface area contributed by atoms with Crippen LogP contribution in [0.3, 0.4) is 0 Å². The largest absolute Gasteiger partial charge is 0.490 e. The molecule has 0 unspecified atom stereocenters. The molecule has 0 spiro atoms. The van der Waals surface area contributed by atoms with Crippen molar-refractivity contribution < 1.29 is 9.47 Å². The van der Waals surface area contributed by atoms with E-state index in [9.17, 15) is 0 Å². The molecular formula is C18H23NO2. The third-order valence-corrected chi connectivity index (χ3v) is 3.13. The van der Waals surface area contributed by atoms with Crippen LogP contribution >= 0.6 is 0 Å². The van der Waals surface area contributed by atoms with Gasteiger partial charge in [0.1, 0.15) is 6.61 Å². The van der Waals surface area contributed by atoms with Gasteiger partial charge in [-0.05, 0) is 37.1 Å². The van der Waals surface area contributed by atoms with Crippen LogP contribution in [-0.4, -0.2) is 19.8 Å². The van der Waals surface area contributed by atoms with E-state index in [1.54, 1.807) is 0 Å². The van der Waals surface area contributed by atoms with Crippen molar-refractivity contribution in [1.82, 2.24) is 0 Å². The van der Waals surface area contributed by atoms with E-state index in [1.807, 2.05) is 36.4 Å². The summed E-state index contributed by atoms with van der Waals surface area (Å²) in [6.45, 7) is 6.25. The Morgan fingerprint density at radius 3 is 2.14 bits per heavy atom. The average molecular weight is 285 g/mol. The van der Waals surface area contributed by atoms with Gasteiger partial charge in [-0.1, -0.05) is 37.3 Å². The van der Waals surface area contributed by atoms with Crippen LogP contribution in [0, 0.1) is 6.92 Å². The highest BCUT2D eigenvalue weighted by Gasteiger charge is 2.03. The van der Waals surface area contributed by atoms with Crippen LogP contribution in [0.5, 0.6) is 11.5 Å². The number of aryl methyl sites for hydroxylation is 1. The highest BCUT2D eigenvalue weighted by molar-refractivity contribution is 5.50. The van der Waals surface area contributed by atoms with Crippen molar-refractivity contribution in [2.45, 2.75) is 20.3 Å². The predicted molar refractivity (Wildman–Crippen MR) is 87.4 cm³/mol. The summed E-state index contributed by atoms with van der Waals surface area (Å²) in [5.41, 5.74) is 2.39. The van der Waals surface area contributed by atoms with E-state index in [-0.39, 0.29) is 0 Å². The van der Waals surface area contributed by atoms with Crippen LogP contribution < -0.4 is 14.8 Å². The van der Waals surface area contributed by atoms with E-state index < -0.39 is 0 Å². The second-order valence-corrected chi connectivity index (χ2v) is 4.89. The summed E-state index contributed by atoms with van der Waals surface area (Å²) in [5.74, 6) is 1.62. The molecule has 0 aliphatic heterocycles. The van der Waals surface area contributed by atoms with Gasteiger partial charge in [0.2, 0.25) is 0 Å². The summed E-state index contributed by atoms with van der Waals surface area (Å²) in [5, 5.41) is 3.38. The summed E-state index contributed by atoms with van der Waals surface area (Å²) in [6.07, 6.45) is 0.989. The Hall–Kier alpha value is -2.16. The van der Waals surface area contributed by atoms with Gasteiger partial charge in [-0.25, -0.2) is 0 Å². The Morgan fingerprint density at radius 1 is 0.857 bits per heavy atom. The van der Waals surface area contributed by atoms with E-state index in [4.69, 9.17) is 9.47 Å². The molecule has 3 nitrogen and oxygen atoms in total. The van der Waals surface area contributed by atoms with Gasteiger partial charge >= 0.3 is 0 Å².